The summed E-state index contributed by atoms with van der Waals surface area (Å²) in [5.41, 5.74) is -2.67. The zero-order valence-electron chi connectivity index (χ0n) is 14.1. The molecule has 1 heterocycles. The smallest absolute Gasteiger partial charge is 0.321 e. The van der Waals surface area contributed by atoms with Gasteiger partial charge in [-0.3, -0.25) is 24.5 Å². The van der Waals surface area contributed by atoms with Crippen LogP contribution in [0.2, 0.25) is 0 Å². The molecule has 0 radical (unpaired) electrons. The van der Waals surface area contributed by atoms with Gasteiger partial charge in [0.25, 0.3) is 5.69 Å². The van der Waals surface area contributed by atoms with Crippen LogP contribution < -0.4 is 11.1 Å². The highest BCUT2D eigenvalue weighted by Crippen LogP contribution is 2.29. The molecule has 12 heteroatoms. The first-order chi connectivity index (χ1) is 12.0. The van der Waals surface area contributed by atoms with Gasteiger partial charge in [-0.1, -0.05) is 0 Å². The van der Waals surface area contributed by atoms with Crippen LogP contribution in [0.3, 0.4) is 0 Å². The Kier molecular flexibility index (Phi) is 4.98. The molecule has 0 aliphatic rings. The molecule has 1 aromatic heterocycles. The first kappa shape index (κ1) is 19.3. The SMILES string of the molecule is CCOC(=O)CS(=O)(=O)c1cc2c(cc1[N+](=O)[O-])n(C)c(=O)c(=O)n2C. The molecule has 0 spiro atoms. The van der Waals surface area contributed by atoms with E-state index in [-0.39, 0.29) is 17.6 Å². The van der Waals surface area contributed by atoms with Gasteiger partial charge >= 0.3 is 17.1 Å². The molecule has 0 fully saturated rings. The summed E-state index contributed by atoms with van der Waals surface area (Å²) in [5.74, 6) is -2.15. The molecular formula is C14H15N3O8S. The van der Waals surface area contributed by atoms with Gasteiger partial charge in [-0.15, -0.1) is 0 Å². The molecule has 0 aliphatic heterocycles. The number of aromatic nitrogens is 2. The number of nitrogens with zero attached hydrogens (tertiary/aromatic N) is 3. The lowest BCUT2D eigenvalue weighted by Crippen LogP contribution is -2.39. The van der Waals surface area contributed by atoms with Gasteiger partial charge in [0.1, 0.15) is 4.90 Å². The molecule has 0 amide bonds. The Hall–Kier alpha value is -3.02. The van der Waals surface area contributed by atoms with Crippen LogP contribution in [0.1, 0.15) is 6.92 Å². The van der Waals surface area contributed by atoms with Crippen molar-refractivity contribution in [1.82, 2.24) is 9.13 Å². The minimum atomic E-state index is -4.42. The van der Waals surface area contributed by atoms with Crippen LogP contribution >= 0.6 is 0 Å². The van der Waals surface area contributed by atoms with Crippen molar-refractivity contribution in [2.24, 2.45) is 14.1 Å². The monoisotopic (exact) mass is 385 g/mol. The number of fused-ring (bicyclic) bond motifs is 1. The Labute approximate surface area is 146 Å². The third-order valence-corrected chi connectivity index (χ3v) is 5.33. The van der Waals surface area contributed by atoms with E-state index in [1.807, 2.05) is 0 Å². The fourth-order valence-electron chi connectivity index (χ4n) is 2.42. The number of nitro groups is 1. The topological polar surface area (TPSA) is 148 Å². The highest BCUT2D eigenvalue weighted by Gasteiger charge is 2.30. The average Bonchev–Trinajstić information content (AvgIpc) is 2.56. The zero-order chi connectivity index (χ0) is 19.8. The summed E-state index contributed by atoms with van der Waals surface area (Å²) in [6, 6.07) is 1.79. The van der Waals surface area contributed by atoms with E-state index >= 15 is 0 Å². The van der Waals surface area contributed by atoms with E-state index in [0.717, 1.165) is 21.3 Å². The van der Waals surface area contributed by atoms with Crippen molar-refractivity contribution in [3.8, 4) is 0 Å². The number of esters is 1. The van der Waals surface area contributed by atoms with E-state index in [1.54, 1.807) is 0 Å². The predicted octanol–water partition coefficient (Wildman–Crippen LogP) is -0.518. The number of rotatable bonds is 5. The number of ether oxygens (including phenoxy) is 1. The van der Waals surface area contributed by atoms with Crippen LogP contribution in [0, 0.1) is 10.1 Å². The van der Waals surface area contributed by atoms with Gasteiger partial charge in [0.2, 0.25) is 0 Å². The molecule has 0 N–H and O–H groups in total. The van der Waals surface area contributed by atoms with Gasteiger partial charge in [0, 0.05) is 20.2 Å². The van der Waals surface area contributed by atoms with E-state index in [2.05, 4.69) is 4.74 Å². The Bertz CT molecular complexity index is 1140. The molecular weight excluding hydrogens is 370 g/mol. The molecule has 11 nitrogen and oxygen atoms in total. The third kappa shape index (κ3) is 3.22. The van der Waals surface area contributed by atoms with Crippen molar-refractivity contribution in [1.29, 1.82) is 0 Å². The summed E-state index contributed by atoms with van der Waals surface area (Å²) in [7, 11) is -1.95. The van der Waals surface area contributed by atoms with Gasteiger partial charge in [-0.2, -0.15) is 0 Å². The first-order valence-electron chi connectivity index (χ1n) is 7.27. The maximum absolute atomic E-state index is 12.5. The zero-order valence-corrected chi connectivity index (χ0v) is 14.9. The lowest BCUT2D eigenvalue weighted by atomic mass is 10.2. The third-order valence-electron chi connectivity index (χ3n) is 3.72. The first-order valence-corrected chi connectivity index (χ1v) is 8.93. The number of nitro benzene ring substituents is 1. The predicted molar refractivity (Wildman–Crippen MR) is 89.8 cm³/mol. The van der Waals surface area contributed by atoms with Crippen molar-refractivity contribution in [2.75, 3.05) is 12.4 Å². The fourth-order valence-corrected chi connectivity index (χ4v) is 3.71. The molecule has 2 rings (SSSR count). The number of aryl methyl sites for hydroxylation is 2. The largest absolute Gasteiger partial charge is 0.465 e. The van der Waals surface area contributed by atoms with Gasteiger partial charge in [-0.25, -0.2) is 8.42 Å². The Balaban J connectivity index is 2.88. The van der Waals surface area contributed by atoms with Crippen molar-refractivity contribution in [2.45, 2.75) is 11.8 Å². The highest BCUT2D eigenvalue weighted by molar-refractivity contribution is 7.92. The van der Waals surface area contributed by atoms with E-state index in [0.29, 0.717) is 0 Å². The standard InChI is InChI=1S/C14H15N3O8S/c1-4-25-12(18)7-26(23,24)11-6-9-8(5-10(11)17(21)22)15(2)13(19)14(20)16(9)3/h5-6H,4,7H2,1-3H3. The quantitative estimate of drug-likeness (QED) is 0.289. The number of benzene rings is 1. The van der Waals surface area contributed by atoms with Gasteiger partial charge in [0.15, 0.2) is 15.6 Å². The number of sulfone groups is 1. The molecule has 0 saturated carbocycles. The number of hydrogen-bond donors (Lipinski definition) is 0. The molecule has 26 heavy (non-hydrogen) atoms. The minimum absolute atomic E-state index is 0.00103. The van der Waals surface area contributed by atoms with Crippen LogP contribution in [0.4, 0.5) is 5.69 Å². The summed E-state index contributed by atoms with van der Waals surface area (Å²) in [6.45, 7) is 1.43. The molecule has 0 bridgehead atoms. The van der Waals surface area contributed by atoms with Crippen molar-refractivity contribution in [3.05, 3.63) is 43.0 Å². The molecule has 0 unspecified atom stereocenters. The average molecular weight is 385 g/mol. The highest BCUT2D eigenvalue weighted by atomic mass is 32.2. The van der Waals surface area contributed by atoms with Crippen LogP contribution in [0.5, 0.6) is 0 Å². The molecule has 0 atom stereocenters. The number of carbonyl (C=O) groups is 1. The maximum Gasteiger partial charge on any atom is 0.321 e. The van der Waals surface area contributed by atoms with Crippen molar-refractivity contribution < 1.29 is 22.9 Å². The second-order valence-corrected chi connectivity index (χ2v) is 7.32. The lowest BCUT2D eigenvalue weighted by molar-refractivity contribution is -0.387. The Morgan fingerprint density at radius 3 is 2.12 bits per heavy atom. The molecule has 1 aromatic carbocycles. The number of carbonyl (C=O) groups excluding carboxylic acids is 1. The van der Waals surface area contributed by atoms with Gasteiger partial charge in [0.05, 0.1) is 22.6 Å². The van der Waals surface area contributed by atoms with Gasteiger partial charge < -0.3 is 13.9 Å². The van der Waals surface area contributed by atoms with Gasteiger partial charge in [-0.05, 0) is 13.0 Å². The summed E-state index contributed by atoms with van der Waals surface area (Å²) in [6.07, 6.45) is 0. The Morgan fingerprint density at radius 2 is 1.65 bits per heavy atom. The van der Waals surface area contributed by atoms with E-state index in [4.69, 9.17) is 0 Å². The lowest BCUT2D eigenvalue weighted by Gasteiger charge is -2.11. The molecule has 140 valence electrons. The molecule has 2 aromatic rings. The maximum atomic E-state index is 12.5. The van der Waals surface area contributed by atoms with E-state index < -0.39 is 48.2 Å². The van der Waals surface area contributed by atoms with Crippen LogP contribution in [-0.4, -0.2) is 40.8 Å². The fraction of sp³-hybridized carbons (Fsp3) is 0.357. The van der Waals surface area contributed by atoms with Crippen LogP contribution in [0.25, 0.3) is 11.0 Å². The number of hydrogen-bond acceptors (Lipinski definition) is 8. The summed E-state index contributed by atoms with van der Waals surface area (Å²) in [4.78, 5) is 45.0. The van der Waals surface area contributed by atoms with Crippen molar-refractivity contribution in [3.63, 3.8) is 0 Å². The second kappa shape index (κ2) is 6.71. The van der Waals surface area contributed by atoms with Crippen molar-refractivity contribution >= 4 is 32.5 Å². The second-order valence-electron chi connectivity index (χ2n) is 5.36. The van der Waals surface area contributed by atoms with Crippen LogP contribution in [-0.2, 0) is 33.5 Å². The Morgan fingerprint density at radius 1 is 1.15 bits per heavy atom. The summed E-state index contributed by atoms with van der Waals surface area (Å²) < 4.78 is 31.3. The normalized spacial score (nSPS) is 11.5. The molecule has 0 aliphatic carbocycles. The van der Waals surface area contributed by atoms with E-state index in [1.165, 1.54) is 21.0 Å². The molecule has 0 saturated heterocycles. The van der Waals surface area contributed by atoms with E-state index in [9.17, 15) is 32.9 Å². The minimum Gasteiger partial charge on any atom is -0.465 e. The van der Waals surface area contributed by atoms with Crippen LogP contribution in [0.15, 0.2) is 26.6 Å². The summed E-state index contributed by atoms with van der Waals surface area (Å²) >= 11 is 0. The summed E-state index contributed by atoms with van der Waals surface area (Å²) in [5, 5.41) is 11.3.